The topological polar surface area (TPSA) is 0 Å². The summed E-state index contributed by atoms with van der Waals surface area (Å²) >= 11 is 0. The first-order valence-electron chi connectivity index (χ1n) is 10.7. The van der Waals surface area contributed by atoms with E-state index in [4.69, 9.17) is 0 Å². The van der Waals surface area contributed by atoms with Crippen molar-refractivity contribution in [2.45, 2.75) is 132 Å². The minimum atomic E-state index is 0.955. The lowest BCUT2D eigenvalue weighted by atomic mass is 10.0. The molecule has 0 heterocycles. The molecule has 0 rings (SSSR count). The minimum Gasteiger partial charge on any atom is -0.100 e. The highest BCUT2D eigenvalue weighted by Crippen LogP contribution is 2.12. The van der Waals surface area contributed by atoms with Crippen LogP contribution >= 0.6 is 0 Å². The molecule has 0 spiro atoms. The maximum absolute atomic E-state index is 3.89. The van der Waals surface area contributed by atoms with Crippen LogP contribution < -0.4 is 0 Å². The molecule has 0 aliphatic rings. The van der Waals surface area contributed by atoms with Crippen LogP contribution in [0.25, 0.3) is 0 Å². The summed E-state index contributed by atoms with van der Waals surface area (Å²) < 4.78 is 0. The molecule has 0 saturated carbocycles. The SMILES string of the molecule is C=C(C)CCCCCCCC.CC.CCCCCCC(C)CC. The highest BCUT2D eigenvalue weighted by atomic mass is 14.0. The fourth-order valence-electron chi connectivity index (χ4n) is 2.33. The molecule has 0 fully saturated rings. The van der Waals surface area contributed by atoms with Crippen molar-refractivity contribution in [1.82, 2.24) is 0 Å². The van der Waals surface area contributed by atoms with Gasteiger partial charge in [0.15, 0.2) is 0 Å². The molecule has 0 aromatic carbocycles. The van der Waals surface area contributed by atoms with Gasteiger partial charge in [-0.25, -0.2) is 0 Å². The second kappa shape index (κ2) is 26.6. The Labute approximate surface area is 150 Å². The van der Waals surface area contributed by atoms with Crippen LogP contribution in [-0.2, 0) is 0 Å². The van der Waals surface area contributed by atoms with Crippen molar-refractivity contribution in [3.05, 3.63) is 12.2 Å². The summed E-state index contributed by atoms with van der Waals surface area (Å²) in [6, 6.07) is 0. The van der Waals surface area contributed by atoms with Gasteiger partial charge in [-0.2, -0.15) is 0 Å². The first kappa shape index (κ1) is 27.6. The van der Waals surface area contributed by atoms with E-state index < -0.39 is 0 Å². The lowest BCUT2D eigenvalue weighted by Gasteiger charge is -2.06. The molecule has 1 atom stereocenters. The third-order valence-electron chi connectivity index (χ3n) is 4.20. The van der Waals surface area contributed by atoms with Gasteiger partial charge in [-0.15, -0.1) is 6.58 Å². The predicted molar refractivity (Wildman–Crippen MR) is 112 cm³/mol. The van der Waals surface area contributed by atoms with Crippen molar-refractivity contribution in [3.8, 4) is 0 Å². The first-order valence-corrected chi connectivity index (χ1v) is 10.7. The molecule has 0 aliphatic carbocycles. The van der Waals surface area contributed by atoms with Crippen molar-refractivity contribution in [1.29, 1.82) is 0 Å². The Kier molecular flexibility index (Phi) is 31.9. The Hall–Kier alpha value is -0.260. The van der Waals surface area contributed by atoms with Gasteiger partial charge in [0.05, 0.1) is 0 Å². The molecule has 0 aromatic heterocycles. The average molecular weight is 327 g/mol. The summed E-state index contributed by atoms with van der Waals surface area (Å²) in [6.07, 6.45) is 18.0. The van der Waals surface area contributed by atoms with E-state index in [2.05, 4.69) is 41.2 Å². The summed E-state index contributed by atoms with van der Waals surface area (Å²) in [5.41, 5.74) is 1.33. The quantitative estimate of drug-likeness (QED) is 0.233. The largest absolute Gasteiger partial charge is 0.100 e. The fourth-order valence-corrected chi connectivity index (χ4v) is 2.33. The Bertz CT molecular complexity index is 192. The second-order valence-corrected chi connectivity index (χ2v) is 6.84. The van der Waals surface area contributed by atoms with Gasteiger partial charge >= 0.3 is 0 Å². The van der Waals surface area contributed by atoms with Crippen LogP contribution in [0.2, 0.25) is 0 Å². The van der Waals surface area contributed by atoms with Gasteiger partial charge in [-0.1, -0.05) is 118 Å². The lowest BCUT2D eigenvalue weighted by molar-refractivity contribution is 0.477. The number of unbranched alkanes of at least 4 members (excludes halogenated alkanes) is 8. The average Bonchev–Trinajstić information content (AvgIpc) is 2.57. The van der Waals surface area contributed by atoms with Crippen molar-refractivity contribution >= 4 is 0 Å². The van der Waals surface area contributed by atoms with E-state index in [1.54, 1.807) is 0 Å². The van der Waals surface area contributed by atoms with Crippen molar-refractivity contribution in [2.24, 2.45) is 5.92 Å². The standard InChI is InChI=1S/C11H22.C10H22.C2H6/c1-4-5-6-7-8-9-10-11(2)3;1-4-6-7-8-9-10(3)5-2;1-2/h2,4-10H2,1,3H3;10H,4-9H2,1-3H3;1-2H3. The van der Waals surface area contributed by atoms with Crippen LogP contribution in [0.1, 0.15) is 132 Å². The minimum absolute atomic E-state index is 0.955. The van der Waals surface area contributed by atoms with Crippen molar-refractivity contribution < 1.29 is 0 Å². The summed E-state index contributed by atoms with van der Waals surface area (Å²) in [4.78, 5) is 0. The van der Waals surface area contributed by atoms with Crippen LogP contribution in [0.15, 0.2) is 12.2 Å². The zero-order valence-corrected chi connectivity index (χ0v) is 18.0. The van der Waals surface area contributed by atoms with E-state index in [0.717, 1.165) is 5.92 Å². The molecule has 0 nitrogen and oxygen atoms in total. The first-order chi connectivity index (χ1) is 11.1. The summed E-state index contributed by atoms with van der Waals surface area (Å²) in [5, 5.41) is 0. The monoisotopic (exact) mass is 326 g/mol. The van der Waals surface area contributed by atoms with E-state index in [9.17, 15) is 0 Å². The van der Waals surface area contributed by atoms with E-state index in [0.29, 0.717) is 0 Å². The maximum Gasteiger partial charge on any atom is -0.0326 e. The van der Waals surface area contributed by atoms with Gasteiger partial charge in [0, 0.05) is 0 Å². The van der Waals surface area contributed by atoms with Crippen molar-refractivity contribution in [2.75, 3.05) is 0 Å². The summed E-state index contributed by atoms with van der Waals surface area (Å²) in [7, 11) is 0. The molecule has 0 radical (unpaired) electrons. The lowest BCUT2D eigenvalue weighted by Crippen LogP contribution is -1.91. The molecule has 0 aliphatic heterocycles. The van der Waals surface area contributed by atoms with Gasteiger partial charge in [0.2, 0.25) is 0 Å². The number of allylic oxidation sites excluding steroid dienone is 1. The van der Waals surface area contributed by atoms with Gasteiger partial charge in [0.1, 0.15) is 0 Å². The molecule has 23 heavy (non-hydrogen) atoms. The highest BCUT2D eigenvalue weighted by molar-refractivity contribution is 4.86. The smallest absolute Gasteiger partial charge is 0.0326 e. The second-order valence-electron chi connectivity index (χ2n) is 6.84. The number of hydrogen-bond donors (Lipinski definition) is 0. The molecule has 1 unspecified atom stereocenters. The van der Waals surface area contributed by atoms with Gasteiger partial charge in [0.25, 0.3) is 0 Å². The molecule has 0 N–H and O–H groups in total. The van der Waals surface area contributed by atoms with Crippen molar-refractivity contribution in [3.63, 3.8) is 0 Å². The summed E-state index contributed by atoms with van der Waals surface area (Å²) in [6.45, 7) is 19.2. The van der Waals surface area contributed by atoms with E-state index in [-0.39, 0.29) is 0 Å². The Morgan fingerprint density at radius 3 is 1.61 bits per heavy atom. The van der Waals surface area contributed by atoms with Crippen LogP contribution in [0, 0.1) is 5.92 Å². The van der Waals surface area contributed by atoms with Crippen LogP contribution in [0.4, 0.5) is 0 Å². The van der Waals surface area contributed by atoms with Gasteiger partial charge in [-0.3, -0.25) is 0 Å². The van der Waals surface area contributed by atoms with E-state index >= 15 is 0 Å². The van der Waals surface area contributed by atoms with E-state index in [1.165, 1.54) is 89.0 Å². The Balaban J connectivity index is -0.000000315. The highest BCUT2D eigenvalue weighted by Gasteiger charge is 1.96. The molecule has 0 aromatic rings. The molecular weight excluding hydrogens is 276 g/mol. The van der Waals surface area contributed by atoms with Crippen LogP contribution in [0.3, 0.4) is 0 Å². The predicted octanol–water partition coefficient (Wildman–Crippen LogP) is 9.34. The zero-order valence-electron chi connectivity index (χ0n) is 18.0. The Morgan fingerprint density at radius 1 is 0.739 bits per heavy atom. The third kappa shape index (κ3) is 34.2. The molecular formula is C23H50. The number of hydrogen-bond acceptors (Lipinski definition) is 0. The fraction of sp³-hybridized carbons (Fsp3) is 0.913. The van der Waals surface area contributed by atoms with Crippen LogP contribution in [-0.4, -0.2) is 0 Å². The third-order valence-corrected chi connectivity index (χ3v) is 4.20. The Morgan fingerprint density at radius 2 is 1.17 bits per heavy atom. The molecule has 0 saturated heterocycles. The summed E-state index contributed by atoms with van der Waals surface area (Å²) in [5.74, 6) is 0.955. The molecule has 142 valence electrons. The van der Waals surface area contributed by atoms with Crippen LogP contribution in [0.5, 0.6) is 0 Å². The van der Waals surface area contributed by atoms with Gasteiger partial charge in [-0.05, 0) is 25.7 Å². The zero-order chi connectivity index (χ0) is 18.3. The molecule has 0 heteroatoms. The number of rotatable bonds is 13. The maximum atomic E-state index is 3.89. The normalized spacial score (nSPS) is 10.9. The molecule has 0 amide bonds. The van der Waals surface area contributed by atoms with Gasteiger partial charge < -0.3 is 0 Å². The molecule has 0 bridgehead atoms. The van der Waals surface area contributed by atoms with E-state index in [1.807, 2.05) is 13.8 Å².